The van der Waals surface area contributed by atoms with E-state index in [2.05, 4.69) is 15.3 Å². The highest BCUT2D eigenvalue weighted by Crippen LogP contribution is 2.20. The lowest BCUT2D eigenvalue weighted by atomic mass is 10.3. The van der Waals surface area contributed by atoms with E-state index in [9.17, 15) is 4.79 Å². The van der Waals surface area contributed by atoms with Gasteiger partial charge in [-0.25, -0.2) is 9.97 Å². The minimum Gasteiger partial charge on any atom is -0.424 e. The molecular formula is C13H13N3O2. The number of carbonyl (C=O) groups excluding carboxylic acids is 1. The summed E-state index contributed by atoms with van der Waals surface area (Å²) in [6.07, 6.45) is 0.628. The molecule has 0 aliphatic carbocycles. The average molecular weight is 243 g/mol. The second-order valence-corrected chi connectivity index (χ2v) is 3.82. The Hall–Kier alpha value is -2.43. The number of nitrogens with zero attached hydrogens (tertiary/aromatic N) is 2. The van der Waals surface area contributed by atoms with E-state index < -0.39 is 0 Å². The van der Waals surface area contributed by atoms with Gasteiger partial charge in [-0.05, 0) is 44.2 Å². The molecule has 0 aliphatic rings. The molecule has 0 saturated carbocycles. The first-order valence-corrected chi connectivity index (χ1v) is 5.48. The molecule has 2 rings (SSSR count). The number of nitrogens with one attached hydrogen (secondary N) is 1. The molecule has 0 aliphatic heterocycles. The van der Waals surface area contributed by atoms with Gasteiger partial charge in [-0.3, -0.25) is 4.79 Å². The maximum absolute atomic E-state index is 10.3. The zero-order valence-corrected chi connectivity index (χ0v) is 10.2. The number of ether oxygens (including phenoxy) is 1. The quantitative estimate of drug-likeness (QED) is 0.838. The number of carbonyl (C=O) groups is 1. The van der Waals surface area contributed by atoms with Crippen molar-refractivity contribution in [3.63, 3.8) is 0 Å². The molecule has 1 aromatic carbocycles. The number of anilines is 1. The number of benzene rings is 1. The van der Waals surface area contributed by atoms with Crippen LogP contribution in [0.4, 0.5) is 5.69 Å². The summed E-state index contributed by atoms with van der Waals surface area (Å²) < 4.78 is 5.53. The third-order valence-electron chi connectivity index (χ3n) is 2.25. The molecule has 5 heteroatoms. The van der Waals surface area contributed by atoms with Crippen molar-refractivity contribution in [1.29, 1.82) is 0 Å². The normalized spacial score (nSPS) is 9.89. The Labute approximate surface area is 105 Å². The van der Waals surface area contributed by atoms with E-state index >= 15 is 0 Å². The largest absolute Gasteiger partial charge is 0.424 e. The van der Waals surface area contributed by atoms with Crippen LogP contribution < -0.4 is 10.1 Å². The third-order valence-corrected chi connectivity index (χ3v) is 2.25. The summed E-state index contributed by atoms with van der Waals surface area (Å²) in [5.41, 5.74) is 2.42. The molecule has 0 unspecified atom stereocenters. The molecule has 0 saturated heterocycles. The molecule has 0 spiro atoms. The monoisotopic (exact) mass is 243 g/mol. The third kappa shape index (κ3) is 3.04. The lowest BCUT2D eigenvalue weighted by Gasteiger charge is -2.06. The van der Waals surface area contributed by atoms with Crippen molar-refractivity contribution < 1.29 is 9.53 Å². The Bertz CT molecular complexity index is 532. The maximum Gasteiger partial charge on any atom is 0.322 e. The summed E-state index contributed by atoms with van der Waals surface area (Å²) in [5.74, 6) is 0.622. The molecule has 5 nitrogen and oxygen atoms in total. The topological polar surface area (TPSA) is 64.1 Å². The Kier molecular flexibility index (Phi) is 3.52. The number of hydrogen-bond donors (Lipinski definition) is 1. The minimum absolute atomic E-state index is 0.323. The van der Waals surface area contributed by atoms with E-state index in [4.69, 9.17) is 4.74 Å². The van der Waals surface area contributed by atoms with Gasteiger partial charge >= 0.3 is 6.01 Å². The summed E-state index contributed by atoms with van der Waals surface area (Å²) in [6.45, 7) is 3.78. The van der Waals surface area contributed by atoms with E-state index in [-0.39, 0.29) is 0 Å². The molecule has 1 aromatic heterocycles. The smallest absolute Gasteiger partial charge is 0.322 e. The zero-order valence-electron chi connectivity index (χ0n) is 10.2. The summed E-state index contributed by atoms with van der Waals surface area (Å²) >= 11 is 0. The molecule has 1 amide bonds. The fourth-order valence-electron chi connectivity index (χ4n) is 1.53. The highest BCUT2D eigenvalue weighted by atomic mass is 16.5. The van der Waals surface area contributed by atoms with Gasteiger partial charge in [0.25, 0.3) is 0 Å². The average Bonchev–Trinajstić information content (AvgIpc) is 2.31. The van der Waals surface area contributed by atoms with E-state index in [0.717, 1.165) is 11.4 Å². The van der Waals surface area contributed by atoms with Gasteiger partial charge in [0.1, 0.15) is 5.75 Å². The van der Waals surface area contributed by atoms with Crippen molar-refractivity contribution in [2.75, 3.05) is 5.32 Å². The van der Waals surface area contributed by atoms with Crippen LogP contribution >= 0.6 is 0 Å². The van der Waals surface area contributed by atoms with Gasteiger partial charge in [-0.1, -0.05) is 0 Å². The fourth-order valence-corrected chi connectivity index (χ4v) is 1.53. The van der Waals surface area contributed by atoms with Crippen LogP contribution in [0.5, 0.6) is 11.8 Å². The highest BCUT2D eigenvalue weighted by Gasteiger charge is 2.02. The Morgan fingerprint density at radius 2 is 1.72 bits per heavy atom. The lowest BCUT2D eigenvalue weighted by Crippen LogP contribution is -1.96. The number of rotatable bonds is 4. The van der Waals surface area contributed by atoms with Crippen LogP contribution in [0.1, 0.15) is 11.4 Å². The first-order valence-electron chi connectivity index (χ1n) is 5.48. The van der Waals surface area contributed by atoms with Crippen LogP contribution in [-0.4, -0.2) is 16.4 Å². The predicted molar refractivity (Wildman–Crippen MR) is 67.7 cm³/mol. The van der Waals surface area contributed by atoms with Crippen LogP contribution in [0.2, 0.25) is 0 Å². The zero-order chi connectivity index (χ0) is 13.0. The van der Waals surface area contributed by atoms with Crippen molar-refractivity contribution >= 4 is 12.1 Å². The van der Waals surface area contributed by atoms with Crippen molar-refractivity contribution in [3.8, 4) is 11.8 Å². The predicted octanol–water partition coefficient (Wildman–Crippen LogP) is 2.45. The second kappa shape index (κ2) is 5.27. The summed E-state index contributed by atoms with van der Waals surface area (Å²) in [4.78, 5) is 18.6. The van der Waals surface area contributed by atoms with E-state index in [1.807, 2.05) is 19.9 Å². The van der Waals surface area contributed by atoms with Gasteiger partial charge in [-0.2, -0.15) is 0 Å². The fraction of sp³-hybridized carbons (Fsp3) is 0.154. The van der Waals surface area contributed by atoms with Crippen LogP contribution in [-0.2, 0) is 4.79 Å². The standard InChI is InChI=1S/C13H13N3O2/c1-9-7-10(2)16-13(15-9)18-12-5-3-11(4-6-12)14-8-17/h3-8H,1-2H3,(H,14,17). The van der Waals surface area contributed by atoms with Gasteiger partial charge in [0.05, 0.1) is 0 Å². The number of amides is 1. The van der Waals surface area contributed by atoms with Crippen molar-refractivity contribution in [3.05, 3.63) is 41.7 Å². The minimum atomic E-state index is 0.323. The Balaban J connectivity index is 2.15. The first kappa shape index (κ1) is 12.0. The van der Waals surface area contributed by atoms with Crippen LogP contribution in [0.25, 0.3) is 0 Å². The van der Waals surface area contributed by atoms with Gasteiger partial charge in [-0.15, -0.1) is 0 Å². The maximum atomic E-state index is 10.3. The first-order chi connectivity index (χ1) is 8.67. The summed E-state index contributed by atoms with van der Waals surface area (Å²) in [6, 6.07) is 9.17. The SMILES string of the molecule is Cc1cc(C)nc(Oc2ccc(NC=O)cc2)n1. The van der Waals surface area contributed by atoms with Gasteiger partial charge in [0, 0.05) is 17.1 Å². The molecule has 2 aromatic rings. The molecule has 92 valence electrons. The molecule has 18 heavy (non-hydrogen) atoms. The Morgan fingerprint density at radius 1 is 1.11 bits per heavy atom. The second-order valence-electron chi connectivity index (χ2n) is 3.82. The Morgan fingerprint density at radius 3 is 2.28 bits per heavy atom. The van der Waals surface area contributed by atoms with Crippen molar-refractivity contribution in [2.24, 2.45) is 0 Å². The lowest BCUT2D eigenvalue weighted by molar-refractivity contribution is -0.105. The number of aromatic nitrogens is 2. The van der Waals surface area contributed by atoms with Crippen LogP contribution in [0.3, 0.4) is 0 Å². The molecule has 0 fully saturated rings. The van der Waals surface area contributed by atoms with Crippen LogP contribution in [0, 0.1) is 13.8 Å². The van der Waals surface area contributed by atoms with Crippen LogP contribution in [0.15, 0.2) is 30.3 Å². The molecule has 0 radical (unpaired) electrons. The molecule has 0 bridgehead atoms. The van der Waals surface area contributed by atoms with E-state index in [1.54, 1.807) is 24.3 Å². The molecular weight excluding hydrogens is 230 g/mol. The van der Waals surface area contributed by atoms with Gasteiger partial charge in [0.2, 0.25) is 6.41 Å². The van der Waals surface area contributed by atoms with E-state index in [1.165, 1.54) is 0 Å². The molecule has 1 N–H and O–H groups in total. The van der Waals surface area contributed by atoms with Gasteiger partial charge in [0.15, 0.2) is 0 Å². The van der Waals surface area contributed by atoms with Crippen molar-refractivity contribution in [2.45, 2.75) is 13.8 Å². The highest BCUT2D eigenvalue weighted by molar-refractivity contribution is 5.71. The number of hydrogen-bond acceptors (Lipinski definition) is 4. The molecule has 1 heterocycles. The number of aryl methyl sites for hydroxylation is 2. The van der Waals surface area contributed by atoms with Crippen molar-refractivity contribution in [1.82, 2.24) is 9.97 Å². The summed E-state index contributed by atoms with van der Waals surface area (Å²) in [5, 5.41) is 2.55. The van der Waals surface area contributed by atoms with E-state index in [0.29, 0.717) is 23.9 Å². The van der Waals surface area contributed by atoms with Gasteiger partial charge < -0.3 is 10.1 Å². The molecule has 0 atom stereocenters. The summed E-state index contributed by atoms with van der Waals surface area (Å²) in [7, 11) is 0.